The molecule has 0 aliphatic heterocycles. The van der Waals surface area contributed by atoms with Crippen molar-refractivity contribution in [3.63, 3.8) is 0 Å². The van der Waals surface area contributed by atoms with Crippen LogP contribution in [-0.4, -0.2) is 31.3 Å². The Morgan fingerprint density at radius 3 is 2.80 bits per heavy atom. The third kappa shape index (κ3) is 4.76. The molecule has 1 rings (SSSR count). The molecule has 1 aromatic heterocycles. The quantitative estimate of drug-likeness (QED) is 0.682. The first-order valence-electron chi connectivity index (χ1n) is 5.22. The standard InChI is InChI=1S/C11H18N2O2/c1-2-14-7-8-15-11-4-3-10(5-6-12)13-9-11/h3-4,9H,2,5-8,12H2,1H3. The predicted molar refractivity (Wildman–Crippen MR) is 59.0 cm³/mol. The average Bonchev–Trinajstić information content (AvgIpc) is 2.27. The van der Waals surface area contributed by atoms with Gasteiger partial charge in [-0.1, -0.05) is 0 Å². The summed E-state index contributed by atoms with van der Waals surface area (Å²) in [6.45, 7) is 4.48. The summed E-state index contributed by atoms with van der Waals surface area (Å²) in [5.74, 6) is 0.774. The number of pyridine rings is 1. The summed E-state index contributed by atoms with van der Waals surface area (Å²) in [5.41, 5.74) is 6.42. The zero-order valence-corrected chi connectivity index (χ0v) is 9.11. The van der Waals surface area contributed by atoms with Crippen molar-refractivity contribution in [2.45, 2.75) is 13.3 Å². The summed E-state index contributed by atoms with van der Waals surface area (Å²) in [7, 11) is 0. The minimum atomic E-state index is 0.561. The SMILES string of the molecule is CCOCCOc1ccc(CCN)nc1. The van der Waals surface area contributed by atoms with Gasteiger partial charge in [0.25, 0.3) is 0 Å². The van der Waals surface area contributed by atoms with Gasteiger partial charge in [-0.25, -0.2) is 0 Å². The Morgan fingerprint density at radius 1 is 1.33 bits per heavy atom. The van der Waals surface area contributed by atoms with Gasteiger partial charge in [0.15, 0.2) is 0 Å². The molecule has 2 N–H and O–H groups in total. The van der Waals surface area contributed by atoms with Gasteiger partial charge in [-0.05, 0) is 25.6 Å². The van der Waals surface area contributed by atoms with Gasteiger partial charge in [-0.15, -0.1) is 0 Å². The average molecular weight is 210 g/mol. The van der Waals surface area contributed by atoms with Gasteiger partial charge in [-0.2, -0.15) is 0 Å². The highest BCUT2D eigenvalue weighted by atomic mass is 16.5. The maximum absolute atomic E-state index is 5.42. The minimum Gasteiger partial charge on any atom is -0.490 e. The molecule has 0 unspecified atom stereocenters. The van der Waals surface area contributed by atoms with Crippen LogP contribution in [0.1, 0.15) is 12.6 Å². The van der Waals surface area contributed by atoms with Crippen molar-refractivity contribution in [1.29, 1.82) is 0 Å². The van der Waals surface area contributed by atoms with Gasteiger partial charge in [0.2, 0.25) is 0 Å². The molecule has 0 spiro atoms. The van der Waals surface area contributed by atoms with Gasteiger partial charge in [0, 0.05) is 18.7 Å². The Labute approximate surface area is 90.4 Å². The molecule has 0 atom stereocenters. The van der Waals surface area contributed by atoms with E-state index in [0.717, 1.165) is 24.5 Å². The molecule has 0 aromatic carbocycles. The molecule has 0 aliphatic carbocycles. The van der Waals surface area contributed by atoms with Crippen molar-refractivity contribution >= 4 is 0 Å². The molecule has 0 amide bonds. The van der Waals surface area contributed by atoms with E-state index < -0.39 is 0 Å². The number of hydrogen-bond donors (Lipinski definition) is 1. The van der Waals surface area contributed by atoms with Crippen LogP contribution in [0.25, 0.3) is 0 Å². The van der Waals surface area contributed by atoms with E-state index >= 15 is 0 Å². The van der Waals surface area contributed by atoms with Crippen molar-refractivity contribution in [2.75, 3.05) is 26.4 Å². The summed E-state index contributed by atoms with van der Waals surface area (Å²) in [4.78, 5) is 4.22. The van der Waals surface area contributed by atoms with Crippen LogP contribution in [0.15, 0.2) is 18.3 Å². The van der Waals surface area contributed by atoms with Crippen molar-refractivity contribution in [3.8, 4) is 5.75 Å². The van der Waals surface area contributed by atoms with Crippen LogP contribution in [-0.2, 0) is 11.2 Å². The number of ether oxygens (including phenoxy) is 2. The van der Waals surface area contributed by atoms with Crippen LogP contribution in [0, 0.1) is 0 Å². The highest BCUT2D eigenvalue weighted by Crippen LogP contribution is 2.08. The molecule has 84 valence electrons. The summed E-state index contributed by atoms with van der Waals surface area (Å²) in [6, 6.07) is 3.84. The summed E-state index contributed by atoms with van der Waals surface area (Å²) < 4.78 is 10.6. The smallest absolute Gasteiger partial charge is 0.137 e. The molecule has 0 saturated carbocycles. The first-order valence-corrected chi connectivity index (χ1v) is 5.22. The van der Waals surface area contributed by atoms with Crippen LogP contribution < -0.4 is 10.5 Å². The number of rotatable bonds is 7. The Morgan fingerprint density at radius 2 is 2.20 bits per heavy atom. The zero-order chi connectivity index (χ0) is 10.9. The molecule has 0 radical (unpaired) electrons. The Bertz CT molecular complexity index is 262. The van der Waals surface area contributed by atoms with Crippen LogP contribution in [0.4, 0.5) is 0 Å². The molecule has 4 heteroatoms. The lowest BCUT2D eigenvalue weighted by molar-refractivity contribution is 0.110. The summed E-state index contributed by atoms with van der Waals surface area (Å²) >= 11 is 0. The molecule has 1 heterocycles. The fraction of sp³-hybridized carbons (Fsp3) is 0.545. The molecule has 0 aliphatic rings. The first kappa shape index (κ1) is 11.9. The largest absolute Gasteiger partial charge is 0.490 e. The van der Waals surface area contributed by atoms with Crippen LogP contribution in [0.5, 0.6) is 5.75 Å². The Hall–Kier alpha value is -1.13. The zero-order valence-electron chi connectivity index (χ0n) is 9.11. The lowest BCUT2D eigenvalue weighted by Crippen LogP contribution is -2.07. The van der Waals surface area contributed by atoms with E-state index in [9.17, 15) is 0 Å². The third-order valence-electron chi connectivity index (χ3n) is 1.90. The molecule has 0 bridgehead atoms. The monoisotopic (exact) mass is 210 g/mol. The van der Waals surface area contributed by atoms with Crippen LogP contribution >= 0.6 is 0 Å². The molecule has 15 heavy (non-hydrogen) atoms. The van der Waals surface area contributed by atoms with Crippen LogP contribution in [0.3, 0.4) is 0 Å². The van der Waals surface area contributed by atoms with E-state index in [4.69, 9.17) is 15.2 Å². The van der Waals surface area contributed by atoms with E-state index in [1.54, 1.807) is 6.20 Å². The van der Waals surface area contributed by atoms with Crippen molar-refractivity contribution in [2.24, 2.45) is 5.73 Å². The number of aromatic nitrogens is 1. The molecule has 0 saturated heterocycles. The first-order chi connectivity index (χ1) is 7.36. The predicted octanol–water partition coefficient (Wildman–Crippen LogP) is 0.998. The van der Waals surface area contributed by atoms with Gasteiger partial charge in [0.05, 0.1) is 12.8 Å². The summed E-state index contributed by atoms with van der Waals surface area (Å²) in [5, 5.41) is 0. The second kappa shape index (κ2) is 7.20. The minimum absolute atomic E-state index is 0.561. The van der Waals surface area contributed by atoms with Crippen molar-refractivity contribution < 1.29 is 9.47 Å². The molecular weight excluding hydrogens is 192 g/mol. The Kier molecular flexibility index (Phi) is 5.73. The molecular formula is C11H18N2O2. The lowest BCUT2D eigenvalue weighted by atomic mass is 10.3. The number of hydrogen-bond acceptors (Lipinski definition) is 4. The summed E-state index contributed by atoms with van der Waals surface area (Å²) in [6.07, 6.45) is 2.52. The lowest BCUT2D eigenvalue weighted by Gasteiger charge is -2.06. The number of nitrogens with zero attached hydrogens (tertiary/aromatic N) is 1. The second-order valence-electron chi connectivity index (χ2n) is 3.07. The van der Waals surface area contributed by atoms with Gasteiger partial charge < -0.3 is 15.2 Å². The second-order valence-corrected chi connectivity index (χ2v) is 3.07. The van der Waals surface area contributed by atoms with Gasteiger partial charge in [0.1, 0.15) is 12.4 Å². The normalized spacial score (nSPS) is 10.3. The number of nitrogens with two attached hydrogens (primary N) is 1. The molecule has 1 aromatic rings. The fourth-order valence-corrected chi connectivity index (χ4v) is 1.15. The third-order valence-corrected chi connectivity index (χ3v) is 1.90. The van der Waals surface area contributed by atoms with E-state index in [1.165, 1.54) is 0 Å². The van der Waals surface area contributed by atoms with E-state index in [2.05, 4.69) is 4.98 Å². The highest BCUT2D eigenvalue weighted by Gasteiger charge is 1.96. The maximum atomic E-state index is 5.42. The topological polar surface area (TPSA) is 57.4 Å². The maximum Gasteiger partial charge on any atom is 0.137 e. The molecule has 0 fully saturated rings. The van der Waals surface area contributed by atoms with Gasteiger partial charge in [-0.3, -0.25) is 4.98 Å². The Balaban J connectivity index is 2.29. The highest BCUT2D eigenvalue weighted by molar-refractivity contribution is 5.19. The van der Waals surface area contributed by atoms with Crippen molar-refractivity contribution in [1.82, 2.24) is 4.98 Å². The van der Waals surface area contributed by atoms with Gasteiger partial charge >= 0.3 is 0 Å². The van der Waals surface area contributed by atoms with E-state index in [0.29, 0.717) is 19.8 Å². The van der Waals surface area contributed by atoms with Crippen molar-refractivity contribution in [3.05, 3.63) is 24.0 Å². The van der Waals surface area contributed by atoms with E-state index in [-0.39, 0.29) is 0 Å². The molecule has 4 nitrogen and oxygen atoms in total. The fourth-order valence-electron chi connectivity index (χ4n) is 1.15. The van der Waals surface area contributed by atoms with Crippen LogP contribution in [0.2, 0.25) is 0 Å². The van der Waals surface area contributed by atoms with E-state index in [1.807, 2.05) is 19.1 Å².